The fourth-order valence-electron chi connectivity index (χ4n) is 1.78. The van der Waals surface area contributed by atoms with Crippen LogP contribution in [0.3, 0.4) is 0 Å². The van der Waals surface area contributed by atoms with E-state index < -0.39 is 0 Å². The van der Waals surface area contributed by atoms with Gasteiger partial charge in [-0.1, -0.05) is 23.2 Å². The Morgan fingerprint density at radius 2 is 2.00 bits per heavy atom. The summed E-state index contributed by atoms with van der Waals surface area (Å²) in [5.74, 6) is 0. The molecule has 1 heterocycles. The Bertz CT molecular complexity index is 477. The third-order valence-corrected chi connectivity index (χ3v) is 3.06. The average molecular weight is 284 g/mol. The van der Waals surface area contributed by atoms with Gasteiger partial charge in [-0.2, -0.15) is 0 Å². The number of nitrogens with one attached hydrogen (secondary N) is 1. The molecule has 1 aromatic carbocycles. The fraction of sp³-hybridized carbons (Fsp3) is 0.308. The molecule has 0 aliphatic heterocycles. The molecule has 0 amide bonds. The lowest BCUT2D eigenvalue weighted by molar-refractivity contribution is 0.476. The zero-order valence-corrected chi connectivity index (χ0v) is 11.6. The molecule has 2 rings (SSSR count). The van der Waals surface area contributed by atoms with Gasteiger partial charge >= 0.3 is 0 Å². The lowest BCUT2D eigenvalue weighted by Gasteiger charge is -2.14. The highest BCUT2D eigenvalue weighted by molar-refractivity contribution is 6.34. The summed E-state index contributed by atoms with van der Waals surface area (Å²) in [6.07, 6.45) is 5.55. The van der Waals surface area contributed by atoms with Gasteiger partial charge < -0.3 is 9.88 Å². The largest absolute Gasteiger partial charge is 0.336 e. The van der Waals surface area contributed by atoms with E-state index in [1.807, 2.05) is 29.2 Å². The molecule has 0 radical (unpaired) electrons. The van der Waals surface area contributed by atoms with Crippen LogP contribution in [0.25, 0.3) is 0 Å². The van der Waals surface area contributed by atoms with Crippen molar-refractivity contribution in [2.75, 3.05) is 0 Å². The molecule has 5 heteroatoms. The monoisotopic (exact) mass is 283 g/mol. The van der Waals surface area contributed by atoms with Crippen LogP contribution in [0, 0.1) is 0 Å². The maximum atomic E-state index is 5.96. The van der Waals surface area contributed by atoms with Crippen LogP contribution < -0.4 is 5.32 Å². The molecule has 1 aromatic heterocycles. The first-order valence-corrected chi connectivity index (χ1v) is 6.53. The fourth-order valence-corrected chi connectivity index (χ4v) is 2.35. The molecule has 1 atom stereocenters. The van der Waals surface area contributed by atoms with Crippen molar-refractivity contribution in [2.24, 2.45) is 0 Å². The molecular formula is C13H15Cl2N3. The van der Waals surface area contributed by atoms with E-state index in [1.165, 1.54) is 0 Å². The highest BCUT2D eigenvalue weighted by Gasteiger charge is 2.03. The van der Waals surface area contributed by atoms with Gasteiger partial charge in [-0.15, -0.1) is 0 Å². The van der Waals surface area contributed by atoms with E-state index in [9.17, 15) is 0 Å². The predicted octanol–water partition coefficient (Wildman–Crippen LogP) is 3.37. The van der Waals surface area contributed by atoms with Crippen molar-refractivity contribution in [3.05, 3.63) is 52.5 Å². The maximum Gasteiger partial charge on any atom is 0.0946 e. The summed E-state index contributed by atoms with van der Waals surface area (Å²) in [4.78, 5) is 4.02. The van der Waals surface area contributed by atoms with Crippen LogP contribution in [0.4, 0.5) is 0 Å². The molecule has 0 fully saturated rings. The Balaban J connectivity index is 1.87. The summed E-state index contributed by atoms with van der Waals surface area (Å²) in [6, 6.07) is 5.92. The van der Waals surface area contributed by atoms with Crippen molar-refractivity contribution in [2.45, 2.75) is 26.1 Å². The first-order valence-electron chi connectivity index (χ1n) is 5.77. The van der Waals surface area contributed by atoms with Gasteiger partial charge in [-0.3, -0.25) is 0 Å². The van der Waals surface area contributed by atoms with E-state index in [4.69, 9.17) is 23.2 Å². The standard InChI is InChI=1S/C13H15Cl2N3/c1-10(8-18-3-2-16-9-18)17-7-11-4-12(14)6-13(15)5-11/h2-6,9-10,17H,7-8H2,1H3. The van der Waals surface area contributed by atoms with Crippen molar-refractivity contribution in [1.82, 2.24) is 14.9 Å². The van der Waals surface area contributed by atoms with Crippen LogP contribution in [0.1, 0.15) is 12.5 Å². The van der Waals surface area contributed by atoms with Crippen molar-refractivity contribution < 1.29 is 0 Å². The number of aromatic nitrogens is 2. The summed E-state index contributed by atoms with van der Waals surface area (Å²) in [7, 11) is 0. The van der Waals surface area contributed by atoms with Crippen molar-refractivity contribution >= 4 is 23.2 Å². The number of halogens is 2. The molecule has 1 unspecified atom stereocenters. The summed E-state index contributed by atoms with van der Waals surface area (Å²) < 4.78 is 2.04. The van der Waals surface area contributed by atoms with E-state index in [1.54, 1.807) is 12.3 Å². The van der Waals surface area contributed by atoms with Crippen LogP contribution in [0.2, 0.25) is 10.0 Å². The number of hydrogen-bond donors (Lipinski definition) is 1. The second-order valence-corrected chi connectivity index (χ2v) is 5.19. The minimum atomic E-state index is 0.344. The molecule has 96 valence electrons. The van der Waals surface area contributed by atoms with E-state index in [0.29, 0.717) is 16.1 Å². The van der Waals surface area contributed by atoms with Gasteiger partial charge in [-0.25, -0.2) is 4.98 Å². The molecule has 0 bridgehead atoms. The Morgan fingerprint density at radius 3 is 2.61 bits per heavy atom. The minimum Gasteiger partial charge on any atom is -0.336 e. The van der Waals surface area contributed by atoms with Gasteiger partial charge in [0, 0.05) is 41.6 Å². The smallest absolute Gasteiger partial charge is 0.0946 e. The van der Waals surface area contributed by atoms with Gasteiger partial charge in [0.05, 0.1) is 6.33 Å². The molecule has 3 nitrogen and oxygen atoms in total. The number of nitrogens with zero attached hydrogens (tertiary/aromatic N) is 2. The van der Waals surface area contributed by atoms with E-state index in [2.05, 4.69) is 17.2 Å². The van der Waals surface area contributed by atoms with Gasteiger partial charge in [0.15, 0.2) is 0 Å². The molecule has 2 aromatic rings. The van der Waals surface area contributed by atoms with E-state index in [0.717, 1.165) is 18.7 Å². The lowest BCUT2D eigenvalue weighted by Crippen LogP contribution is -2.29. The molecule has 0 aliphatic carbocycles. The summed E-state index contributed by atoms with van der Waals surface area (Å²) in [6.45, 7) is 3.76. The number of hydrogen-bond acceptors (Lipinski definition) is 2. The highest BCUT2D eigenvalue weighted by Crippen LogP contribution is 2.18. The van der Waals surface area contributed by atoms with Crippen LogP contribution in [-0.2, 0) is 13.1 Å². The van der Waals surface area contributed by atoms with Gasteiger partial charge in [0.1, 0.15) is 0 Å². The Kier molecular flexibility index (Phi) is 4.64. The zero-order chi connectivity index (χ0) is 13.0. The predicted molar refractivity (Wildman–Crippen MR) is 75.0 cm³/mol. The first kappa shape index (κ1) is 13.4. The number of benzene rings is 1. The normalized spacial score (nSPS) is 12.6. The number of rotatable bonds is 5. The first-order chi connectivity index (χ1) is 8.63. The minimum absolute atomic E-state index is 0.344. The molecule has 1 N–H and O–H groups in total. The molecule has 0 saturated carbocycles. The highest BCUT2D eigenvalue weighted by atomic mass is 35.5. The third-order valence-electron chi connectivity index (χ3n) is 2.62. The molecule has 18 heavy (non-hydrogen) atoms. The second kappa shape index (κ2) is 6.23. The van der Waals surface area contributed by atoms with Crippen molar-refractivity contribution in [3.8, 4) is 0 Å². The molecule has 0 aliphatic rings. The second-order valence-electron chi connectivity index (χ2n) is 4.32. The molecule has 0 saturated heterocycles. The third kappa shape index (κ3) is 4.02. The SMILES string of the molecule is CC(Cn1ccnc1)NCc1cc(Cl)cc(Cl)c1. The topological polar surface area (TPSA) is 29.9 Å². The van der Waals surface area contributed by atoms with E-state index in [-0.39, 0.29) is 0 Å². The van der Waals surface area contributed by atoms with Crippen LogP contribution >= 0.6 is 23.2 Å². The molecule has 0 spiro atoms. The summed E-state index contributed by atoms with van der Waals surface area (Å²) >= 11 is 11.9. The quantitative estimate of drug-likeness (QED) is 0.912. The van der Waals surface area contributed by atoms with Gasteiger partial charge in [0.25, 0.3) is 0 Å². The maximum absolute atomic E-state index is 5.96. The Morgan fingerprint density at radius 1 is 1.28 bits per heavy atom. The summed E-state index contributed by atoms with van der Waals surface area (Å²) in [5, 5.41) is 4.76. The average Bonchev–Trinajstić information content (AvgIpc) is 2.78. The van der Waals surface area contributed by atoms with Crippen LogP contribution in [-0.4, -0.2) is 15.6 Å². The Labute approximate surface area is 117 Å². The summed E-state index contributed by atoms with van der Waals surface area (Å²) in [5.41, 5.74) is 1.09. The van der Waals surface area contributed by atoms with Crippen LogP contribution in [0.15, 0.2) is 36.9 Å². The van der Waals surface area contributed by atoms with Gasteiger partial charge in [0.2, 0.25) is 0 Å². The van der Waals surface area contributed by atoms with Crippen molar-refractivity contribution in [3.63, 3.8) is 0 Å². The lowest BCUT2D eigenvalue weighted by atomic mass is 10.2. The Hall–Kier alpha value is -1.03. The van der Waals surface area contributed by atoms with Gasteiger partial charge in [-0.05, 0) is 30.7 Å². The van der Waals surface area contributed by atoms with Crippen LogP contribution in [0.5, 0.6) is 0 Å². The van der Waals surface area contributed by atoms with E-state index >= 15 is 0 Å². The van der Waals surface area contributed by atoms with Crippen molar-refractivity contribution in [1.29, 1.82) is 0 Å². The zero-order valence-electron chi connectivity index (χ0n) is 10.1. The molecular weight excluding hydrogens is 269 g/mol. The number of imidazole rings is 1.